The summed E-state index contributed by atoms with van der Waals surface area (Å²) in [6, 6.07) is 28.0. The molecule has 35 heavy (non-hydrogen) atoms. The molecule has 0 spiro atoms. The van der Waals surface area contributed by atoms with E-state index in [-0.39, 0.29) is 6.10 Å². The average molecular weight is 460 g/mol. The Morgan fingerprint density at radius 2 is 1.69 bits per heavy atom. The van der Waals surface area contributed by atoms with Crippen molar-refractivity contribution in [3.8, 4) is 28.8 Å². The first-order valence-electron chi connectivity index (χ1n) is 11.5. The minimum Gasteiger partial charge on any atom is -0.491 e. The average Bonchev–Trinajstić information content (AvgIpc) is 3.45. The molecule has 0 atom stereocenters. The van der Waals surface area contributed by atoms with Gasteiger partial charge in [-0.15, -0.1) is 0 Å². The first-order valence-corrected chi connectivity index (χ1v) is 11.5. The van der Waals surface area contributed by atoms with Crippen molar-refractivity contribution in [2.45, 2.75) is 20.0 Å². The van der Waals surface area contributed by atoms with Gasteiger partial charge in [-0.25, -0.2) is 9.67 Å². The largest absolute Gasteiger partial charge is 0.491 e. The van der Waals surface area contributed by atoms with Crippen molar-refractivity contribution in [3.05, 3.63) is 96.4 Å². The van der Waals surface area contributed by atoms with Gasteiger partial charge >= 0.3 is 0 Å². The van der Waals surface area contributed by atoms with Crippen LogP contribution in [0.5, 0.6) is 5.75 Å². The Morgan fingerprint density at radius 3 is 2.37 bits per heavy atom. The number of fused-ring (bicyclic) bond motifs is 1. The highest BCUT2D eigenvalue weighted by molar-refractivity contribution is 5.93. The van der Waals surface area contributed by atoms with E-state index in [1.54, 1.807) is 0 Å². The van der Waals surface area contributed by atoms with Gasteiger partial charge < -0.3 is 9.30 Å². The van der Waals surface area contributed by atoms with Gasteiger partial charge in [0.25, 0.3) is 0 Å². The number of nitrogens with zero attached hydrogens (tertiary/aromatic N) is 5. The lowest BCUT2D eigenvalue weighted by Gasteiger charge is -2.09. The molecule has 0 aliphatic heterocycles. The van der Waals surface area contributed by atoms with Crippen molar-refractivity contribution in [1.29, 1.82) is 5.26 Å². The molecule has 0 saturated heterocycles. The molecule has 2 aromatic heterocycles. The molecule has 0 aliphatic rings. The third-order valence-electron chi connectivity index (χ3n) is 5.71. The highest BCUT2D eigenvalue weighted by Gasteiger charge is 2.16. The fourth-order valence-electron chi connectivity index (χ4n) is 4.08. The molecular weight excluding hydrogens is 434 g/mol. The summed E-state index contributed by atoms with van der Waals surface area (Å²) in [6.45, 7) is 4.01. The molecule has 0 saturated carbocycles. The molecule has 0 N–H and O–H groups in total. The highest BCUT2D eigenvalue weighted by atomic mass is 16.5. The smallest absolute Gasteiger partial charge is 0.151 e. The molecule has 5 aromatic rings. The summed E-state index contributed by atoms with van der Waals surface area (Å²) in [5.41, 5.74) is 5.78. The van der Waals surface area contributed by atoms with Crippen molar-refractivity contribution in [2.24, 2.45) is 7.05 Å². The van der Waals surface area contributed by atoms with Crippen LogP contribution in [0.3, 0.4) is 0 Å². The van der Waals surface area contributed by atoms with Crippen LogP contribution in [0.2, 0.25) is 0 Å². The van der Waals surface area contributed by atoms with Gasteiger partial charge in [0, 0.05) is 24.4 Å². The number of benzene rings is 3. The maximum Gasteiger partial charge on any atom is 0.151 e. The van der Waals surface area contributed by atoms with E-state index in [9.17, 15) is 5.26 Å². The molecular formula is C29H25N5O. The summed E-state index contributed by atoms with van der Waals surface area (Å²) in [5, 5.41) is 15.0. The molecule has 0 aliphatic carbocycles. The highest BCUT2D eigenvalue weighted by Crippen LogP contribution is 2.30. The van der Waals surface area contributed by atoms with Crippen molar-refractivity contribution in [1.82, 2.24) is 19.3 Å². The monoisotopic (exact) mass is 459 g/mol. The number of aryl methyl sites for hydroxylation is 1. The van der Waals surface area contributed by atoms with Crippen LogP contribution in [-0.2, 0) is 7.05 Å². The molecule has 5 rings (SSSR count). The third kappa shape index (κ3) is 4.44. The summed E-state index contributed by atoms with van der Waals surface area (Å²) >= 11 is 0. The zero-order valence-corrected chi connectivity index (χ0v) is 19.9. The molecule has 2 heterocycles. The number of hydrogen-bond acceptors (Lipinski definition) is 4. The van der Waals surface area contributed by atoms with Gasteiger partial charge in [0.05, 0.1) is 34.1 Å². The van der Waals surface area contributed by atoms with E-state index in [1.165, 1.54) is 0 Å². The summed E-state index contributed by atoms with van der Waals surface area (Å²) < 4.78 is 9.59. The van der Waals surface area contributed by atoms with Crippen LogP contribution in [0, 0.1) is 11.3 Å². The van der Waals surface area contributed by atoms with Crippen LogP contribution in [0.25, 0.3) is 39.6 Å². The van der Waals surface area contributed by atoms with E-state index in [4.69, 9.17) is 14.8 Å². The lowest BCUT2D eigenvalue weighted by atomic mass is 10.1. The van der Waals surface area contributed by atoms with Crippen LogP contribution >= 0.6 is 0 Å². The van der Waals surface area contributed by atoms with Crippen LogP contribution in [0.15, 0.2) is 85.1 Å². The lowest BCUT2D eigenvalue weighted by Crippen LogP contribution is -2.05. The van der Waals surface area contributed by atoms with Crippen LogP contribution in [-0.4, -0.2) is 25.4 Å². The van der Waals surface area contributed by atoms with Gasteiger partial charge in [-0.2, -0.15) is 10.4 Å². The van der Waals surface area contributed by atoms with Gasteiger partial charge in [-0.05, 0) is 68.5 Å². The minimum atomic E-state index is 0.100. The number of nitriles is 1. The Balaban J connectivity index is 1.64. The molecule has 0 amide bonds. The quantitative estimate of drug-likeness (QED) is 0.280. The van der Waals surface area contributed by atoms with Gasteiger partial charge in [0.1, 0.15) is 11.8 Å². The van der Waals surface area contributed by atoms with E-state index in [1.807, 2.05) is 121 Å². The van der Waals surface area contributed by atoms with E-state index in [0.29, 0.717) is 11.4 Å². The second kappa shape index (κ2) is 9.32. The fourth-order valence-corrected chi connectivity index (χ4v) is 4.08. The van der Waals surface area contributed by atoms with Crippen molar-refractivity contribution < 1.29 is 4.74 Å². The first-order chi connectivity index (χ1) is 17.0. The Labute approximate surface area is 204 Å². The zero-order chi connectivity index (χ0) is 24.4. The predicted molar refractivity (Wildman–Crippen MR) is 139 cm³/mol. The molecule has 0 fully saturated rings. The van der Waals surface area contributed by atoms with Crippen molar-refractivity contribution >= 4 is 22.7 Å². The van der Waals surface area contributed by atoms with E-state index >= 15 is 0 Å². The van der Waals surface area contributed by atoms with E-state index in [0.717, 1.165) is 39.3 Å². The van der Waals surface area contributed by atoms with Crippen LogP contribution < -0.4 is 4.74 Å². The molecule has 6 heteroatoms. The summed E-state index contributed by atoms with van der Waals surface area (Å²) in [4.78, 5) is 4.71. The second-order valence-electron chi connectivity index (χ2n) is 8.56. The predicted octanol–water partition coefficient (Wildman–Crippen LogP) is 6.28. The summed E-state index contributed by atoms with van der Waals surface area (Å²) in [6.07, 6.45) is 3.91. The molecule has 6 nitrogen and oxygen atoms in total. The molecule has 0 bridgehead atoms. The molecule has 0 unspecified atom stereocenters. The second-order valence-corrected chi connectivity index (χ2v) is 8.56. The van der Waals surface area contributed by atoms with E-state index < -0.39 is 0 Å². The van der Waals surface area contributed by atoms with Crippen LogP contribution in [0.4, 0.5) is 0 Å². The molecule has 172 valence electrons. The number of para-hydroxylation sites is 3. The van der Waals surface area contributed by atoms with Crippen molar-refractivity contribution in [2.75, 3.05) is 0 Å². The van der Waals surface area contributed by atoms with Crippen molar-refractivity contribution in [3.63, 3.8) is 0 Å². The Kier molecular flexibility index (Phi) is 5.90. The van der Waals surface area contributed by atoms with Gasteiger partial charge in [-0.3, -0.25) is 0 Å². The number of allylic oxidation sites excluding steroid dienone is 1. The number of imidazole rings is 1. The Bertz CT molecular complexity index is 1550. The fraction of sp³-hybridized carbons (Fsp3) is 0.138. The minimum absolute atomic E-state index is 0.100. The van der Waals surface area contributed by atoms with Gasteiger partial charge in [0.2, 0.25) is 0 Å². The van der Waals surface area contributed by atoms with Gasteiger partial charge in [-0.1, -0.05) is 30.3 Å². The standard InChI is InChI=1S/C29H25N5O/c1-20(2)35-25-15-13-21(14-16-25)28-23(19-34(32-28)24-9-5-4-6-10-24)17-22(18-30)29-31-26-11-7-8-12-27(26)33(29)3/h4-17,19-20H,1-3H3/b22-17+. The lowest BCUT2D eigenvalue weighted by molar-refractivity contribution is 0.242. The first kappa shape index (κ1) is 22.2. The zero-order valence-electron chi connectivity index (χ0n) is 19.9. The number of ether oxygens (including phenoxy) is 1. The summed E-state index contributed by atoms with van der Waals surface area (Å²) in [5.74, 6) is 1.42. The van der Waals surface area contributed by atoms with Gasteiger partial charge in [0.15, 0.2) is 5.82 Å². The SMILES string of the molecule is CC(C)Oc1ccc(-c2nn(-c3ccccc3)cc2/C=C(\C#N)c2nc3ccccc3n2C)cc1. The Morgan fingerprint density at radius 1 is 0.971 bits per heavy atom. The Hall–Kier alpha value is -4.63. The topological polar surface area (TPSA) is 68.7 Å². The maximum absolute atomic E-state index is 10.1. The van der Waals surface area contributed by atoms with E-state index in [2.05, 4.69) is 6.07 Å². The number of hydrogen-bond donors (Lipinski definition) is 0. The number of aromatic nitrogens is 4. The summed E-state index contributed by atoms with van der Waals surface area (Å²) in [7, 11) is 1.93. The maximum atomic E-state index is 10.1. The number of rotatable bonds is 6. The third-order valence-corrected chi connectivity index (χ3v) is 5.71. The van der Waals surface area contributed by atoms with Crippen LogP contribution in [0.1, 0.15) is 25.2 Å². The molecule has 3 aromatic carbocycles. The normalized spacial score (nSPS) is 11.7. The molecule has 0 radical (unpaired) electrons.